The summed E-state index contributed by atoms with van der Waals surface area (Å²) in [5.41, 5.74) is 0.881. The fourth-order valence-corrected chi connectivity index (χ4v) is 2.63. The maximum Gasteiger partial charge on any atom is 0.315 e. The van der Waals surface area contributed by atoms with Gasteiger partial charge < -0.3 is 20.0 Å². The molecule has 3 heterocycles. The Morgan fingerprint density at radius 3 is 3.09 bits per heavy atom. The minimum Gasteiger partial charge on any atom is -0.472 e. The van der Waals surface area contributed by atoms with Crippen molar-refractivity contribution in [1.82, 2.24) is 20.8 Å². The second kappa shape index (κ2) is 7.08. The molecule has 23 heavy (non-hydrogen) atoms. The van der Waals surface area contributed by atoms with E-state index in [-0.39, 0.29) is 18.6 Å². The summed E-state index contributed by atoms with van der Waals surface area (Å²) in [6.45, 7) is 0.989. The van der Waals surface area contributed by atoms with Crippen LogP contribution in [0.5, 0.6) is 0 Å². The average molecular weight is 319 g/mol. The quantitative estimate of drug-likeness (QED) is 0.872. The van der Waals surface area contributed by atoms with Crippen LogP contribution in [0.3, 0.4) is 0 Å². The van der Waals surface area contributed by atoms with Crippen LogP contribution in [0, 0.1) is 0 Å². The van der Waals surface area contributed by atoms with Crippen LogP contribution >= 0.6 is 0 Å². The van der Waals surface area contributed by atoms with Crippen molar-refractivity contribution < 1.29 is 13.6 Å². The van der Waals surface area contributed by atoms with E-state index in [0.29, 0.717) is 25.3 Å². The van der Waals surface area contributed by atoms with Crippen LogP contribution in [0.1, 0.15) is 12.0 Å². The van der Waals surface area contributed by atoms with Gasteiger partial charge in [-0.15, -0.1) is 5.10 Å². The number of nitrogens with zero attached hydrogens (tertiary/aromatic N) is 3. The summed E-state index contributed by atoms with van der Waals surface area (Å²) < 4.78 is 18.7. The normalized spacial score (nSPS) is 20.5. The number of alkyl halides is 1. The largest absolute Gasteiger partial charge is 0.472 e. The molecule has 0 saturated carbocycles. The number of carbonyl (C=O) groups excluding carboxylic acids is 1. The molecule has 0 aliphatic carbocycles. The number of carbonyl (C=O) groups is 1. The fraction of sp³-hybridized carbons (Fsp3) is 0.400. The van der Waals surface area contributed by atoms with Gasteiger partial charge in [0.05, 0.1) is 25.1 Å². The maximum absolute atomic E-state index is 13.7. The van der Waals surface area contributed by atoms with E-state index in [0.717, 1.165) is 5.56 Å². The predicted molar refractivity (Wildman–Crippen MR) is 81.6 cm³/mol. The lowest BCUT2D eigenvalue weighted by atomic mass is 10.2. The molecule has 1 aliphatic heterocycles. The van der Waals surface area contributed by atoms with E-state index < -0.39 is 6.17 Å². The molecule has 8 heteroatoms. The zero-order valence-corrected chi connectivity index (χ0v) is 12.5. The molecule has 0 aromatic carbocycles. The Labute approximate surface area is 132 Å². The Morgan fingerprint density at radius 2 is 2.35 bits per heavy atom. The van der Waals surface area contributed by atoms with E-state index in [4.69, 9.17) is 4.42 Å². The van der Waals surface area contributed by atoms with Crippen molar-refractivity contribution >= 4 is 11.8 Å². The molecule has 0 bridgehead atoms. The number of amides is 2. The van der Waals surface area contributed by atoms with Gasteiger partial charge in [0.15, 0.2) is 5.82 Å². The SMILES string of the molecule is O=C(NCc1ccoc1)NC[C@@H]1C[C@H](F)CN1c1cccnn1. The average Bonchev–Trinajstić information content (AvgIpc) is 3.21. The number of urea groups is 1. The number of aromatic nitrogens is 2. The molecular formula is C15H18FN5O2. The zero-order valence-electron chi connectivity index (χ0n) is 12.5. The van der Waals surface area contributed by atoms with E-state index in [2.05, 4.69) is 20.8 Å². The first-order chi connectivity index (χ1) is 11.2. The topological polar surface area (TPSA) is 83.3 Å². The van der Waals surface area contributed by atoms with Gasteiger partial charge in [-0.3, -0.25) is 0 Å². The molecule has 1 aliphatic rings. The molecule has 122 valence electrons. The molecule has 3 rings (SSSR count). The standard InChI is InChI=1S/C15H18FN5O2/c16-12-6-13(21(9-12)14-2-1-4-19-20-14)8-18-15(22)17-7-11-3-5-23-10-11/h1-5,10,12-13H,6-9H2,(H2,17,18,22)/t12-,13-/m0/s1. The molecule has 2 aromatic rings. The molecule has 0 spiro atoms. The van der Waals surface area contributed by atoms with Crippen LogP contribution < -0.4 is 15.5 Å². The van der Waals surface area contributed by atoms with E-state index in [1.165, 1.54) is 0 Å². The van der Waals surface area contributed by atoms with Crippen molar-refractivity contribution in [1.29, 1.82) is 0 Å². The number of furan rings is 1. The fourth-order valence-electron chi connectivity index (χ4n) is 2.63. The van der Waals surface area contributed by atoms with Crippen molar-refractivity contribution in [3.63, 3.8) is 0 Å². The first-order valence-electron chi connectivity index (χ1n) is 7.43. The summed E-state index contributed by atoms with van der Waals surface area (Å²) >= 11 is 0. The van der Waals surface area contributed by atoms with Crippen molar-refractivity contribution in [2.75, 3.05) is 18.0 Å². The van der Waals surface area contributed by atoms with Crippen LogP contribution in [-0.4, -0.2) is 41.5 Å². The number of hydrogen-bond donors (Lipinski definition) is 2. The summed E-state index contributed by atoms with van der Waals surface area (Å²) in [4.78, 5) is 13.7. The van der Waals surface area contributed by atoms with Gasteiger partial charge in [-0.05, 0) is 18.2 Å². The maximum atomic E-state index is 13.7. The van der Waals surface area contributed by atoms with Crippen LogP contribution in [0.2, 0.25) is 0 Å². The lowest BCUT2D eigenvalue weighted by Crippen LogP contribution is -2.44. The highest BCUT2D eigenvalue weighted by atomic mass is 19.1. The molecule has 2 amide bonds. The summed E-state index contributed by atoms with van der Waals surface area (Å²) in [6, 6.07) is 4.89. The van der Waals surface area contributed by atoms with E-state index >= 15 is 0 Å². The highest BCUT2D eigenvalue weighted by molar-refractivity contribution is 5.73. The predicted octanol–water partition coefficient (Wildman–Crippen LogP) is 1.49. The number of nitrogens with one attached hydrogen (secondary N) is 2. The van der Waals surface area contributed by atoms with Gasteiger partial charge in [-0.2, -0.15) is 5.10 Å². The van der Waals surface area contributed by atoms with Crippen LogP contribution in [0.25, 0.3) is 0 Å². The lowest BCUT2D eigenvalue weighted by Gasteiger charge is -2.24. The highest BCUT2D eigenvalue weighted by Crippen LogP contribution is 2.24. The van der Waals surface area contributed by atoms with Gasteiger partial charge in [0, 0.05) is 31.3 Å². The monoisotopic (exact) mass is 319 g/mol. The smallest absolute Gasteiger partial charge is 0.315 e. The van der Waals surface area contributed by atoms with Crippen LogP contribution in [-0.2, 0) is 6.54 Å². The molecule has 1 saturated heterocycles. The van der Waals surface area contributed by atoms with Crippen molar-refractivity contribution in [2.45, 2.75) is 25.2 Å². The number of rotatable bonds is 5. The Bertz CT molecular complexity index is 622. The summed E-state index contributed by atoms with van der Waals surface area (Å²) in [6.07, 6.45) is 4.12. The van der Waals surface area contributed by atoms with E-state index in [1.807, 2.05) is 4.90 Å². The van der Waals surface area contributed by atoms with Crippen LogP contribution in [0.15, 0.2) is 41.3 Å². The lowest BCUT2D eigenvalue weighted by molar-refractivity contribution is 0.239. The zero-order chi connectivity index (χ0) is 16.1. The minimum absolute atomic E-state index is 0.138. The summed E-state index contributed by atoms with van der Waals surface area (Å²) in [5, 5.41) is 13.3. The number of anilines is 1. The molecule has 0 radical (unpaired) electrons. The second-order valence-corrected chi connectivity index (χ2v) is 5.42. The third-order valence-electron chi connectivity index (χ3n) is 3.75. The first-order valence-corrected chi connectivity index (χ1v) is 7.43. The first kappa shape index (κ1) is 15.3. The van der Waals surface area contributed by atoms with Gasteiger partial charge in [0.2, 0.25) is 0 Å². The van der Waals surface area contributed by atoms with Gasteiger partial charge in [0.25, 0.3) is 0 Å². The van der Waals surface area contributed by atoms with Crippen molar-refractivity contribution in [3.8, 4) is 0 Å². The minimum atomic E-state index is -0.933. The Balaban J connectivity index is 1.51. The van der Waals surface area contributed by atoms with Gasteiger partial charge >= 0.3 is 6.03 Å². The van der Waals surface area contributed by atoms with Gasteiger partial charge in [-0.25, -0.2) is 9.18 Å². The van der Waals surface area contributed by atoms with Crippen molar-refractivity contribution in [2.24, 2.45) is 0 Å². The molecular weight excluding hydrogens is 301 g/mol. The summed E-state index contributed by atoms with van der Waals surface area (Å²) in [5.74, 6) is 0.623. The van der Waals surface area contributed by atoms with E-state index in [9.17, 15) is 9.18 Å². The Hall–Kier alpha value is -2.64. The molecule has 0 unspecified atom stereocenters. The molecule has 2 atom stereocenters. The Kier molecular flexibility index (Phi) is 4.70. The molecule has 7 nitrogen and oxygen atoms in total. The van der Waals surface area contributed by atoms with Gasteiger partial charge in [-0.1, -0.05) is 0 Å². The van der Waals surface area contributed by atoms with E-state index in [1.54, 1.807) is 36.9 Å². The molecule has 2 N–H and O–H groups in total. The second-order valence-electron chi connectivity index (χ2n) is 5.42. The number of hydrogen-bond acceptors (Lipinski definition) is 5. The third-order valence-corrected chi connectivity index (χ3v) is 3.75. The van der Waals surface area contributed by atoms with Crippen molar-refractivity contribution in [3.05, 3.63) is 42.5 Å². The molecule has 1 fully saturated rings. The number of halogens is 1. The van der Waals surface area contributed by atoms with Crippen LogP contribution in [0.4, 0.5) is 15.0 Å². The third kappa shape index (κ3) is 3.97. The highest BCUT2D eigenvalue weighted by Gasteiger charge is 2.33. The Morgan fingerprint density at radius 1 is 1.43 bits per heavy atom. The molecule has 2 aromatic heterocycles. The van der Waals surface area contributed by atoms with Gasteiger partial charge in [0.1, 0.15) is 6.17 Å². The summed E-state index contributed by atoms with van der Waals surface area (Å²) in [7, 11) is 0.